The predicted octanol–water partition coefficient (Wildman–Crippen LogP) is 2.92. The van der Waals surface area contributed by atoms with Crippen LogP contribution in [0, 0.1) is 0 Å². The molecule has 1 heterocycles. The van der Waals surface area contributed by atoms with E-state index in [1.807, 2.05) is 25.1 Å². The fraction of sp³-hybridized carbons (Fsp3) is 0.417. The third-order valence-corrected chi connectivity index (χ3v) is 4.05. The van der Waals surface area contributed by atoms with Crippen molar-refractivity contribution in [3.63, 3.8) is 0 Å². The van der Waals surface area contributed by atoms with E-state index >= 15 is 0 Å². The fourth-order valence-electron chi connectivity index (χ4n) is 2.03. The molecule has 1 aliphatic rings. The maximum absolute atomic E-state index is 10.9. The number of nitrogens with zero attached hydrogens (tertiary/aromatic N) is 1. The summed E-state index contributed by atoms with van der Waals surface area (Å²) in [6.45, 7) is 2.61. The second-order valence-electron chi connectivity index (χ2n) is 4.07. The molecule has 0 saturated carbocycles. The first-order valence-corrected chi connectivity index (χ1v) is 6.26. The second-order valence-corrected chi connectivity index (χ2v) is 5.45. The first-order valence-electron chi connectivity index (χ1n) is 5.38. The summed E-state index contributed by atoms with van der Waals surface area (Å²) in [5.41, 5.74) is 0. The van der Waals surface area contributed by atoms with Gasteiger partial charge in [0.15, 0.2) is 0 Å². The SMILES string of the molecule is CC1C[C@H](Sc2ccccc2)CN1C(=O)O. The lowest BCUT2D eigenvalue weighted by Crippen LogP contribution is -2.32. The average Bonchev–Trinajstić information content (AvgIpc) is 2.61. The lowest BCUT2D eigenvalue weighted by Gasteiger charge is -2.16. The van der Waals surface area contributed by atoms with Crippen molar-refractivity contribution in [3.8, 4) is 0 Å². The summed E-state index contributed by atoms with van der Waals surface area (Å²) in [6, 6.07) is 10.3. The fourth-order valence-corrected chi connectivity index (χ4v) is 3.33. The number of thioether (sulfide) groups is 1. The van der Waals surface area contributed by atoms with Gasteiger partial charge in [-0.2, -0.15) is 0 Å². The summed E-state index contributed by atoms with van der Waals surface area (Å²) in [5, 5.41) is 9.37. The van der Waals surface area contributed by atoms with Gasteiger partial charge in [0.05, 0.1) is 0 Å². The molecule has 1 unspecified atom stereocenters. The molecule has 16 heavy (non-hydrogen) atoms. The minimum absolute atomic E-state index is 0.138. The standard InChI is InChI=1S/C12H15NO2S/c1-9-7-11(8-13(9)12(14)15)16-10-5-3-2-4-6-10/h2-6,9,11H,7-8H2,1H3,(H,14,15)/t9?,11-/m0/s1. The first kappa shape index (κ1) is 11.3. The normalized spacial score (nSPS) is 24.7. The third kappa shape index (κ3) is 2.50. The van der Waals surface area contributed by atoms with E-state index < -0.39 is 6.09 Å². The highest BCUT2D eigenvalue weighted by Crippen LogP contribution is 2.32. The van der Waals surface area contributed by atoms with E-state index in [0.717, 1.165) is 6.42 Å². The predicted molar refractivity (Wildman–Crippen MR) is 64.9 cm³/mol. The molecular weight excluding hydrogens is 222 g/mol. The van der Waals surface area contributed by atoms with Gasteiger partial charge in [-0.05, 0) is 25.5 Å². The van der Waals surface area contributed by atoms with Crippen LogP contribution in [0.5, 0.6) is 0 Å². The average molecular weight is 237 g/mol. The number of likely N-dealkylation sites (tertiary alicyclic amines) is 1. The Morgan fingerprint density at radius 2 is 2.12 bits per heavy atom. The number of hydrogen-bond donors (Lipinski definition) is 1. The Kier molecular flexibility index (Phi) is 3.39. The van der Waals surface area contributed by atoms with Crippen LogP contribution in [0.25, 0.3) is 0 Å². The van der Waals surface area contributed by atoms with Crippen molar-refractivity contribution in [1.82, 2.24) is 4.90 Å². The van der Waals surface area contributed by atoms with Gasteiger partial charge in [-0.25, -0.2) is 4.79 Å². The van der Waals surface area contributed by atoms with Crippen molar-refractivity contribution >= 4 is 17.9 Å². The minimum Gasteiger partial charge on any atom is -0.465 e. The smallest absolute Gasteiger partial charge is 0.407 e. The molecule has 1 N–H and O–H groups in total. The van der Waals surface area contributed by atoms with E-state index in [9.17, 15) is 4.79 Å². The quantitative estimate of drug-likeness (QED) is 0.859. The van der Waals surface area contributed by atoms with Crippen molar-refractivity contribution in [2.45, 2.75) is 29.5 Å². The molecule has 0 aliphatic carbocycles. The topological polar surface area (TPSA) is 40.5 Å². The van der Waals surface area contributed by atoms with Crippen LogP contribution in [-0.2, 0) is 0 Å². The summed E-state index contributed by atoms with van der Waals surface area (Å²) < 4.78 is 0. The molecule has 4 heteroatoms. The number of amides is 1. The lowest BCUT2D eigenvalue weighted by atomic mass is 10.2. The Morgan fingerprint density at radius 1 is 1.44 bits per heavy atom. The zero-order valence-electron chi connectivity index (χ0n) is 9.17. The highest BCUT2D eigenvalue weighted by atomic mass is 32.2. The lowest BCUT2D eigenvalue weighted by molar-refractivity contribution is 0.143. The number of benzene rings is 1. The van der Waals surface area contributed by atoms with Gasteiger partial charge < -0.3 is 10.0 Å². The summed E-state index contributed by atoms with van der Waals surface area (Å²) >= 11 is 1.77. The van der Waals surface area contributed by atoms with Gasteiger partial charge in [-0.15, -0.1) is 11.8 Å². The molecule has 1 aromatic rings. The summed E-state index contributed by atoms with van der Waals surface area (Å²) in [5.74, 6) is 0. The van der Waals surface area contributed by atoms with Gasteiger partial charge >= 0.3 is 6.09 Å². The zero-order chi connectivity index (χ0) is 11.5. The summed E-state index contributed by atoms with van der Waals surface area (Å²) in [7, 11) is 0. The Bertz CT molecular complexity index is 369. The minimum atomic E-state index is -0.802. The molecule has 1 amide bonds. The van der Waals surface area contributed by atoms with E-state index in [2.05, 4.69) is 12.1 Å². The molecule has 0 radical (unpaired) electrons. The Balaban J connectivity index is 1.96. The van der Waals surface area contributed by atoms with E-state index in [1.165, 1.54) is 9.80 Å². The number of rotatable bonds is 2. The highest BCUT2D eigenvalue weighted by Gasteiger charge is 2.32. The molecule has 1 saturated heterocycles. The number of carbonyl (C=O) groups is 1. The number of carboxylic acid groups (broad SMARTS) is 1. The van der Waals surface area contributed by atoms with Crippen LogP contribution in [0.15, 0.2) is 35.2 Å². The van der Waals surface area contributed by atoms with Crippen molar-refractivity contribution in [2.75, 3.05) is 6.54 Å². The van der Waals surface area contributed by atoms with Crippen LogP contribution < -0.4 is 0 Å². The van der Waals surface area contributed by atoms with Gasteiger partial charge in [-0.1, -0.05) is 18.2 Å². The van der Waals surface area contributed by atoms with Gasteiger partial charge in [0, 0.05) is 22.7 Å². The van der Waals surface area contributed by atoms with Crippen molar-refractivity contribution < 1.29 is 9.90 Å². The van der Waals surface area contributed by atoms with E-state index in [4.69, 9.17) is 5.11 Å². The van der Waals surface area contributed by atoms with Crippen molar-refractivity contribution in [1.29, 1.82) is 0 Å². The summed E-state index contributed by atoms with van der Waals surface area (Å²) in [6.07, 6.45) is 0.134. The van der Waals surface area contributed by atoms with E-state index in [0.29, 0.717) is 11.8 Å². The summed E-state index contributed by atoms with van der Waals surface area (Å²) in [4.78, 5) is 13.7. The molecule has 0 bridgehead atoms. The molecule has 3 nitrogen and oxygen atoms in total. The van der Waals surface area contributed by atoms with E-state index in [-0.39, 0.29) is 6.04 Å². The molecule has 1 aliphatic heterocycles. The van der Waals surface area contributed by atoms with Crippen LogP contribution in [0.3, 0.4) is 0 Å². The molecule has 2 rings (SSSR count). The van der Waals surface area contributed by atoms with Gasteiger partial charge in [-0.3, -0.25) is 0 Å². The Morgan fingerprint density at radius 3 is 2.69 bits per heavy atom. The zero-order valence-corrected chi connectivity index (χ0v) is 9.98. The van der Waals surface area contributed by atoms with Gasteiger partial charge in [0.25, 0.3) is 0 Å². The van der Waals surface area contributed by atoms with Crippen molar-refractivity contribution in [3.05, 3.63) is 30.3 Å². The van der Waals surface area contributed by atoms with Crippen LogP contribution in [-0.4, -0.2) is 33.9 Å². The Hall–Kier alpha value is -1.16. The van der Waals surface area contributed by atoms with Crippen LogP contribution >= 0.6 is 11.8 Å². The third-order valence-electron chi connectivity index (χ3n) is 2.83. The van der Waals surface area contributed by atoms with E-state index in [1.54, 1.807) is 11.8 Å². The van der Waals surface area contributed by atoms with Crippen LogP contribution in [0.1, 0.15) is 13.3 Å². The molecular formula is C12H15NO2S. The molecule has 1 aromatic carbocycles. The molecule has 86 valence electrons. The number of hydrogen-bond acceptors (Lipinski definition) is 2. The largest absolute Gasteiger partial charge is 0.465 e. The molecule has 2 atom stereocenters. The van der Waals surface area contributed by atoms with Crippen molar-refractivity contribution in [2.24, 2.45) is 0 Å². The maximum atomic E-state index is 10.9. The van der Waals surface area contributed by atoms with Gasteiger partial charge in [0.1, 0.15) is 0 Å². The monoisotopic (exact) mass is 237 g/mol. The second kappa shape index (κ2) is 4.78. The van der Waals surface area contributed by atoms with Crippen LogP contribution in [0.4, 0.5) is 4.79 Å². The van der Waals surface area contributed by atoms with Crippen LogP contribution in [0.2, 0.25) is 0 Å². The van der Waals surface area contributed by atoms with Gasteiger partial charge in [0.2, 0.25) is 0 Å². The maximum Gasteiger partial charge on any atom is 0.407 e. The molecule has 0 aromatic heterocycles. The first-order chi connectivity index (χ1) is 7.66. The molecule has 1 fully saturated rings. The Labute approximate surface area is 99.5 Å². The highest BCUT2D eigenvalue weighted by molar-refractivity contribution is 8.00. The molecule has 0 spiro atoms.